The molecule has 1 aromatic carbocycles. The summed E-state index contributed by atoms with van der Waals surface area (Å²) in [6, 6.07) is 6.70. The third-order valence-corrected chi connectivity index (χ3v) is 3.91. The minimum atomic E-state index is -0.965. The summed E-state index contributed by atoms with van der Waals surface area (Å²) in [5.41, 5.74) is 0.492. The Kier molecular flexibility index (Phi) is 5.59. The number of hydrogen-bond acceptors (Lipinski definition) is 4. The lowest BCUT2D eigenvalue weighted by Crippen LogP contribution is -2.38. The van der Waals surface area contributed by atoms with Gasteiger partial charge < -0.3 is 19.9 Å². The molecule has 0 aliphatic carbocycles. The predicted octanol–water partition coefficient (Wildman–Crippen LogP) is 2.17. The quantitative estimate of drug-likeness (QED) is 0.754. The SMILES string of the molecule is CC1(CNCCOc2ccccc2C(=O)O)CCOCC1. The summed E-state index contributed by atoms with van der Waals surface area (Å²) in [5.74, 6) is -0.544. The Bertz CT molecular complexity index is 469. The second kappa shape index (κ2) is 7.43. The Labute approximate surface area is 125 Å². The van der Waals surface area contributed by atoms with Crippen LogP contribution >= 0.6 is 0 Å². The number of aromatic carboxylic acids is 1. The number of carbonyl (C=O) groups is 1. The van der Waals surface area contributed by atoms with Gasteiger partial charge in [-0.15, -0.1) is 0 Å². The molecule has 0 aromatic heterocycles. The fraction of sp³-hybridized carbons (Fsp3) is 0.562. The van der Waals surface area contributed by atoms with Gasteiger partial charge in [0.2, 0.25) is 0 Å². The van der Waals surface area contributed by atoms with Gasteiger partial charge in [-0.1, -0.05) is 19.1 Å². The molecule has 5 nitrogen and oxygen atoms in total. The Hall–Kier alpha value is -1.59. The van der Waals surface area contributed by atoms with Crippen molar-refractivity contribution in [3.63, 3.8) is 0 Å². The summed E-state index contributed by atoms with van der Waals surface area (Å²) < 4.78 is 10.9. The topological polar surface area (TPSA) is 67.8 Å². The maximum Gasteiger partial charge on any atom is 0.339 e. The van der Waals surface area contributed by atoms with Crippen LogP contribution in [0.25, 0.3) is 0 Å². The lowest BCUT2D eigenvalue weighted by atomic mass is 9.82. The van der Waals surface area contributed by atoms with Crippen LogP contribution in [0, 0.1) is 5.41 Å². The summed E-state index contributed by atoms with van der Waals surface area (Å²) in [5, 5.41) is 12.5. The van der Waals surface area contributed by atoms with E-state index in [-0.39, 0.29) is 11.0 Å². The first-order valence-corrected chi connectivity index (χ1v) is 7.34. The van der Waals surface area contributed by atoms with Gasteiger partial charge in [-0.05, 0) is 30.4 Å². The summed E-state index contributed by atoms with van der Waals surface area (Å²) >= 11 is 0. The number of rotatable bonds is 7. The van der Waals surface area contributed by atoms with Crippen molar-refractivity contribution in [2.75, 3.05) is 32.9 Å². The highest BCUT2D eigenvalue weighted by Crippen LogP contribution is 2.28. The van der Waals surface area contributed by atoms with Crippen LogP contribution in [0.15, 0.2) is 24.3 Å². The summed E-state index contributed by atoms with van der Waals surface area (Å²) in [6.45, 7) is 6.02. The van der Waals surface area contributed by atoms with E-state index in [4.69, 9.17) is 14.6 Å². The van der Waals surface area contributed by atoms with Gasteiger partial charge in [0, 0.05) is 26.3 Å². The van der Waals surface area contributed by atoms with Gasteiger partial charge in [0.25, 0.3) is 0 Å². The van der Waals surface area contributed by atoms with Gasteiger partial charge in [0.15, 0.2) is 0 Å². The lowest BCUT2D eigenvalue weighted by Gasteiger charge is -2.33. The molecule has 0 saturated carbocycles. The van der Waals surface area contributed by atoms with Crippen molar-refractivity contribution in [3.8, 4) is 5.75 Å². The first-order chi connectivity index (χ1) is 10.1. The molecule has 1 fully saturated rings. The van der Waals surface area contributed by atoms with Gasteiger partial charge in [-0.2, -0.15) is 0 Å². The van der Waals surface area contributed by atoms with E-state index in [9.17, 15) is 4.79 Å². The minimum absolute atomic E-state index is 0.203. The average molecular weight is 293 g/mol. The van der Waals surface area contributed by atoms with E-state index in [1.54, 1.807) is 24.3 Å². The first kappa shape index (κ1) is 15.8. The van der Waals surface area contributed by atoms with Crippen LogP contribution in [0.1, 0.15) is 30.1 Å². The molecule has 0 amide bonds. The molecule has 0 radical (unpaired) electrons. The van der Waals surface area contributed by atoms with Crippen LogP contribution in [-0.2, 0) is 4.74 Å². The highest BCUT2D eigenvalue weighted by molar-refractivity contribution is 5.90. The number of carboxylic acids is 1. The highest BCUT2D eigenvalue weighted by atomic mass is 16.5. The standard InChI is InChI=1S/C16H23NO4/c1-16(6-9-20-10-7-16)12-17-8-11-21-14-5-3-2-4-13(14)15(18)19/h2-5,17H,6-12H2,1H3,(H,18,19). The summed E-state index contributed by atoms with van der Waals surface area (Å²) in [7, 11) is 0. The molecule has 1 saturated heterocycles. The van der Waals surface area contributed by atoms with E-state index in [0.29, 0.717) is 18.9 Å². The molecule has 5 heteroatoms. The molecule has 0 atom stereocenters. The highest BCUT2D eigenvalue weighted by Gasteiger charge is 2.26. The monoisotopic (exact) mass is 293 g/mol. The molecule has 2 rings (SSSR count). The van der Waals surface area contributed by atoms with Crippen LogP contribution in [0.5, 0.6) is 5.75 Å². The van der Waals surface area contributed by atoms with Crippen LogP contribution in [0.4, 0.5) is 0 Å². The van der Waals surface area contributed by atoms with Gasteiger partial charge in [-0.25, -0.2) is 4.79 Å². The van der Waals surface area contributed by atoms with Crippen molar-refractivity contribution in [2.24, 2.45) is 5.41 Å². The minimum Gasteiger partial charge on any atom is -0.491 e. The van der Waals surface area contributed by atoms with E-state index in [0.717, 1.165) is 32.6 Å². The molecule has 1 aromatic rings. The number of carboxylic acid groups (broad SMARTS) is 1. The molecule has 1 aliphatic rings. The van der Waals surface area contributed by atoms with E-state index in [1.807, 2.05) is 0 Å². The zero-order chi connectivity index (χ0) is 15.1. The molecule has 1 heterocycles. The van der Waals surface area contributed by atoms with Crippen molar-refractivity contribution in [2.45, 2.75) is 19.8 Å². The molecule has 2 N–H and O–H groups in total. The molecule has 116 valence electrons. The van der Waals surface area contributed by atoms with E-state index in [2.05, 4.69) is 12.2 Å². The third-order valence-electron chi connectivity index (χ3n) is 3.91. The number of benzene rings is 1. The van der Waals surface area contributed by atoms with Crippen LogP contribution in [0.3, 0.4) is 0 Å². The van der Waals surface area contributed by atoms with Crippen molar-refractivity contribution in [1.82, 2.24) is 5.32 Å². The fourth-order valence-electron chi connectivity index (χ4n) is 2.43. The zero-order valence-electron chi connectivity index (χ0n) is 12.4. The molecular formula is C16H23NO4. The predicted molar refractivity (Wildman–Crippen MR) is 79.9 cm³/mol. The average Bonchev–Trinajstić information content (AvgIpc) is 2.48. The van der Waals surface area contributed by atoms with Crippen molar-refractivity contribution < 1.29 is 19.4 Å². The van der Waals surface area contributed by atoms with E-state index >= 15 is 0 Å². The smallest absolute Gasteiger partial charge is 0.339 e. The molecule has 0 unspecified atom stereocenters. The van der Waals surface area contributed by atoms with E-state index in [1.165, 1.54) is 0 Å². The molecular weight excluding hydrogens is 270 g/mol. The van der Waals surface area contributed by atoms with Gasteiger partial charge >= 0.3 is 5.97 Å². The van der Waals surface area contributed by atoms with Crippen LogP contribution < -0.4 is 10.1 Å². The van der Waals surface area contributed by atoms with Gasteiger partial charge in [0.1, 0.15) is 17.9 Å². The largest absolute Gasteiger partial charge is 0.491 e. The molecule has 1 aliphatic heterocycles. The van der Waals surface area contributed by atoms with E-state index < -0.39 is 5.97 Å². The Balaban J connectivity index is 1.71. The second-order valence-electron chi connectivity index (χ2n) is 5.75. The number of ether oxygens (including phenoxy) is 2. The lowest BCUT2D eigenvalue weighted by molar-refractivity contribution is 0.0239. The van der Waals surface area contributed by atoms with Gasteiger partial charge in [-0.3, -0.25) is 0 Å². The Morgan fingerprint density at radius 2 is 2.10 bits per heavy atom. The number of nitrogens with one attached hydrogen (secondary N) is 1. The Morgan fingerprint density at radius 3 is 2.81 bits per heavy atom. The molecule has 21 heavy (non-hydrogen) atoms. The van der Waals surface area contributed by atoms with Crippen LogP contribution in [-0.4, -0.2) is 44.0 Å². The van der Waals surface area contributed by atoms with Crippen LogP contribution in [0.2, 0.25) is 0 Å². The van der Waals surface area contributed by atoms with Crippen molar-refractivity contribution in [3.05, 3.63) is 29.8 Å². The maximum atomic E-state index is 11.1. The second-order valence-corrected chi connectivity index (χ2v) is 5.75. The number of hydrogen-bond donors (Lipinski definition) is 2. The van der Waals surface area contributed by atoms with Crippen molar-refractivity contribution >= 4 is 5.97 Å². The van der Waals surface area contributed by atoms with Gasteiger partial charge in [0.05, 0.1) is 0 Å². The first-order valence-electron chi connectivity index (χ1n) is 7.34. The zero-order valence-corrected chi connectivity index (χ0v) is 12.4. The summed E-state index contributed by atoms with van der Waals surface area (Å²) in [4.78, 5) is 11.1. The third kappa shape index (κ3) is 4.72. The molecule has 0 bridgehead atoms. The van der Waals surface area contributed by atoms with Crippen molar-refractivity contribution in [1.29, 1.82) is 0 Å². The summed E-state index contributed by atoms with van der Waals surface area (Å²) in [6.07, 6.45) is 2.14. The fourth-order valence-corrected chi connectivity index (χ4v) is 2.43. The maximum absolute atomic E-state index is 11.1. The Morgan fingerprint density at radius 1 is 1.38 bits per heavy atom. The number of para-hydroxylation sites is 1. The normalized spacial score (nSPS) is 17.4. The molecule has 0 spiro atoms.